The molecule has 1 aliphatic rings. The lowest BCUT2D eigenvalue weighted by atomic mass is 10.0. The van der Waals surface area contributed by atoms with E-state index in [9.17, 15) is 0 Å². The Labute approximate surface area is 162 Å². The van der Waals surface area contributed by atoms with Gasteiger partial charge in [0.15, 0.2) is 0 Å². The molecule has 0 radical (unpaired) electrons. The first-order valence-electron chi connectivity index (χ1n) is 9.96. The van der Waals surface area contributed by atoms with Crippen LogP contribution in [0.25, 0.3) is 0 Å². The molecule has 0 unspecified atom stereocenters. The van der Waals surface area contributed by atoms with E-state index in [2.05, 4.69) is 52.5 Å². The van der Waals surface area contributed by atoms with Crippen LogP contribution in [0.15, 0.2) is 24.3 Å². The Morgan fingerprint density at radius 3 is 2.96 bits per heavy atom. The predicted molar refractivity (Wildman–Crippen MR) is 108 cm³/mol. The van der Waals surface area contributed by atoms with E-state index in [1.807, 2.05) is 6.07 Å². The standard InChI is InChI=1S/C21H32N4O2/c1-4-5-10-27-21-13-19(23-24-21)12-18-7-6-17(11-20(18)26-3)15-25-9-8-22-16(2)14-25/h6-7,11,13,16,22H,4-5,8-10,12,14-15H2,1-3H3,(H,23,24)/t16-/m0/s1. The highest BCUT2D eigenvalue weighted by molar-refractivity contribution is 5.40. The molecule has 6 nitrogen and oxygen atoms in total. The van der Waals surface area contributed by atoms with Gasteiger partial charge < -0.3 is 14.8 Å². The maximum absolute atomic E-state index is 5.67. The van der Waals surface area contributed by atoms with E-state index in [1.165, 1.54) is 5.56 Å². The van der Waals surface area contributed by atoms with Crippen LogP contribution < -0.4 is 14.8 Å². The van der Waals surface area contributed by atoms with E-state index in [-0.39, 0.29) is 0 Å². The summed E-state index contributed by atoms with van der Waals surface area (Å²) in [5, 5.41) is 10.8. The van der Waals surface area contributed by atoms with Crippen molar-refractivity contribution in [3.8, 4) is 11.6 Å². The van der Waals surface area contributed by atoms with Crippen LogP contribution in [0, 0.1) is 0 Å². The zero-order valence-corrected chi connectivity index (χ0v) is 16.8. The molecule has 2 aromatic rings. The molecule has 1 aliphatic heterocycles. The summed E-state index contributed by atoms with van der Waals surface area (Å²) in [5.41, 5.74) is 3.39. The van der Waals surface area contributed by atoms with Gasteiger partial charge in [-0.15, -0.1) is 0 Å². The molecule has 1 atom stereocenters. The highest BCUT2D eigenvalue weighted by Gasteiger charge is 2.16. The van der Waals surface area contributed by atoms with Gasteiger partial charge in [0.25, 0.3) is 0 Å². The van der Waals surface area contributed by atoms with Crippen molar-refractivity contribution in [3.63, 3.8) is 0 Å². The lowest BCUT2D eigenvalue weighted by Crippen LogP contribution is -2.48. The third kappa shape index (κ3) is 5.71. The summed E-state index contributed by atoms with van der Waals surface area (Å²) in [5.74, 6) is 1.66. The van der Waals surface area contributed by atoms with E-state index < -0.39 is 0 Å². The molecule has 0 amide bonds. The minimum atomic E-state index is 0.549. The molecule has 0 bridgehead atoms. The Morgan fingerprint density at radius 1 is 1.30 bits per heavy atom. The van der Waals surface area contributed by atoms with E-state index in [1.54, 1.807) is 7.11 Å². The molecular formula is C21H32N4O2. The molecular weight excluding hydrogens is 340 g/mol. The SMILES string of the molecule is CCCCOc1cc(Cc2ccc(CN3CCN[C@@H](C)C3)cc2OC)n[nH]1. The summed E-state index contributed by atoms with van der Waals surface area (Å²) in [6, 6.07) is 9.05. The van der Waals surface area contributed by atoms with Crippen LogP contribution in [0.5, 0.6) is 11.6 Å². The number of nitrogens with zero attached hydrogens (tertiary/aromatic N) is 2. The number of nitrogens with one attached hydrogen (secondary N) is 2. The lowest BCUT2D eigenvalue weighted by molar-refractivity contribution is 0.199. The number of benzene rings is 1. The van der Waals surface area contributed by atoms with Gasteiger partial charge in [0.05, 0.1) is 19.4 Å². The van der Waals surface area contributed by atoms with Gasteiger partial charge >= 0.3 is 0 Å². The third-order valence-corrected chi connectivity index (χ3v) is 4.94. The van der Waals surface area contributed by atoms with Crippen LogP contribution in [0.4, 0.5) is 0 Å². The van der Waals surface area contributed by atoms with Gasteiger partial charge in [-0.25, -0.2) is 5.10 Å². The van der Waals surface area contributed by atoms with Crippen molar-refractivity contribution < 1.29 is 9.47 Å². The van der Waals surface area contributed by atoms with Crippen LogP contribution >= 0.6 is 0 Å². The predicted octanol–water partition coefficient (Wildman–Crippen LogP) is 2.98. The van der Waals surface area contributed by atoms with E-state index in [0.717, 1.165) is 74.9 Å². The second-order valence-corrected chi connectivity index (χ2v) is 7.34. The summed E-state index contributed by atoms with van der Waals surface area (Å²) in [6.45, 7) is 9.29. The molecule has 1 saturated heterocycles. The number of methoxy groups -OCH3 is 1. The number of ether oxygens (including phenoxy) is 2. The van der Waals surface area contributed by atoms with Gasteiger partial charge in [0.1, 0.15) is 5.75 Å². The fourth-order valence-corrected chi connectivity index (χ4v) is 3.48. The van der Waals surface area contributed by atoms with Crippen LogP contribution in [0.2, 0.25) is 0 Å². The fourth-order valence-electron chi connectivity index (χ4n) is 3.48. The Bertz CT molecular complexity index is 716. The molecule has 1 fully saturated rings. The van der Waals surface area contributed by atoms with Crippen molar-refractivity contribution in [3.05, 3.63) is 41.1 Å². The smallest absolute Gasteiger partial charge is 0.209 e. The van der Waals surface area contributed by atoms with E-state index in [4.69, 9.17) is 9.47 Å². The molecule has 6 heteroatoms. The van der Waals surface area contributed by atoms with Crippen molar-refractivity contribution in [1.82, 2.24) is 20.4 Å². The first-order valence-corrected chi connectivity index (χ1v) is 9.96. The summed E-state index contributed by atoms with van der Waals surface area (Å²) in [7, 11) is 1.74. The number of piperazine rings is 1. The minimum Gasteiger partial charge on any atom is -0.496 e. The average Bonchev–Trinajstić information content (AvgIpc) is 3.10. The van der Waals surface area contributed by atoms with E-state index in [0.29, 0.717) is 6.04 Å². The molecule has 27 heavy (non-hydrogen) atoms. The van der Waals surface area contributed by atoms with Crippen LogP contribution in [-0.4, -0.2) is 54.5 Å². The fraction of sp³-hybridized carbons (Fsp3) is 0.571. The molecule has 3 rings (SSSR count). The zero-order chi connectivity index (χ0) is 19.1. The average molecular weight is 373 g/mol. The number of H-pyrrole nitrogens is 1. The van der Waals surface area contributed by atoms with Crippen molar-refractivity contribution >= 4 is 0 Å². The van der Waals surface area contributed by atoms with Gasteiger partial charge in [-0.2, -0.15) is 5.10 Å². The van der Waals surface area contributed by atoms with Gasteiger partial charge in [-0.1, -0.05) is 25.5 Å². The van der Waals surface area contributed by atoms with Gasteiger partial charge in [-0.05, 0) is 25.0 Å². The van der Waals surface area contributed by atoms with Gasteiger partial charge in [0.2, 0.25) is 5.88 Å². The minimum absolute atomic E-state index is 0.549. The topological polar surface area (TPSA) is 62.4 Å². The van der Waals surface area contributed by atoms with Crippen LogP contribution in [0.3, 0.4) is 0 Å². The molecule has 0 saturated carbocycles. The monoisotopic (exact) mass is 372 g/mol. The Balaban J connectivity index is 1.62. The quantitative estimate of drug-likeness (QED) is 0.663. The second-order valence-electron chi connectivity index (χ2n) is 7.34. The van der Waals surface area contributed by atoms with Crippen molar-refractivity contribution in [2.75, 3.05) is 33.4 Å². The number of hydrogen-bond donors (Lipinski definition) is 2. The van der Waals surface area contributed by atoms with Crippen molar-refractivity contribution in [1.29, 1.82) is 0 Å². The first kappa shape index (κ1) is 19.7. The maximum Gasteiger partial charge on any atom is 0.209 e. The zero-order valence-electron chi connectivity index (χ0n) is 16.8. The molecule has 148 valence electrons. The lowest BCUT2D eigenvalue weighted by Gasteiger charge is -2.31. The highest BCUT2D eigenvalue weighted by atomic mass is 16.5. The Hall–Kier alpha value is -2.05. The number of unbranched alkanes of at least 4 members (excludes halogenated alkanes) is 1. The first-order chi connectivity index (χ1) is 13.2. The summed E-state index contributed by atoms with van der Waals surface area (Å²) >= 11 is 0. The van der Waals surface area contributed by atoms with Crippen LogP contribution in [-0.2, 0) is 13.0 Å². The van der Waals surface area contributed by atoms with Gasteiger partial charge in [-0.3, -0.25) is 4.90 Å². The summed E-state index contributed by atoms with van der Waals surface area (Å²) < 4.78 is 11.3. The summed E-state index contributed by atoms with van der Waals surface area (Å²) in [6.07, 6.45) is 2.90. The highest BCUT2D eigenvalue weighted by Crippen LogP contribution is 2.24. The van der Waals surface area contributed by atoms with Crippen molar-refractivity contribution in [2.45, 2.75) is 45.7 Å². The maximum atomic E-state index is 5.67. The Morgan fingerprint density at radius 2 is 2.19 bits per heavy atom. The summed E-state index contributed by atoms with van der Waals surface area (Å²) in [4.78, 5) is 2.49. The molecule has 2 N–H and O–H groups in total. The number of aromatic amines is 1. The molecule has 0 spiro atoms. The van der Waals surface area contributed by atoms with Gasteiger partial charge in [0, 0.05) is 50.3 Å². The van der Waals surface area contributed by atoms with Crippen LogP contribution in [0.1, 0.15) is 43.5 Å². The molecule has 0 aliphatic carbocycles. The largest absolute Gasteiger partial charge is 0.496 e. The molecule has 1 aromatic carbocycles. The number of rotatable bonds is 9. The number of hydrogen-bond acceptors (Lipinski definition) is 5. The molecule has 1 aromatic heterocycles. The van der Waals surface area contributed by atoms with E-state index >= 15 is 0 Å². The molecule has 2 heterocycles. The Kier molecular flexibility index (Phi) is 7.12. The second kappa shape index (κ2) is 9.76. The normalized spacial score (nSPS) is 17.8. The van der Waals surface area contributed by atoms with Crippen molar-refractivity contribution in [2.24, 2.45) is 0 Å². The third-order valence-electron chi connectivity index (χ3n) is 4.94. The number of aromatic nitrogens is 2.